The van der Waals surface area contributed by atoms with Gasteiger partial charge in [-0.25, -0.2) is 9.97 Å². The molecule has 0 aliphatic heterocycles. The van der Waals surface area contributed by atoms with Crippen molar-refractivity contribution in [2.24, 2.45) is 0 Å². The van der Waals surface area contributed by atoms with E-state index >= 15 is 0 Å². The minimum Gasteiger partial charge on any atom is -0.456 e. The Hall–Kier alpha value is -7.44. The molecule has 0 N–H and O–H groups in total. The first-order valence-corrected chi connectivity index (χ1v) is 18.2. The van der Waals surface area contributed by atoms with Crippen LogP contribution in [0.4, 0.5) is 0 Å². The van der Waals surface area contributed by atoms with E-state index < -0.39 is 0 Å². The fourth-order valence-corrected chi connectivity index (χ4v) is 8.58. The van der Waals surface area contributed by atoms with Crippen molar-refractivity contribution < 1.29 is 4.42 Å². The summed E-state index contributed by atoms with van der Waals surface area (Å²) in [5.41, 5.74) is 12.2. The van der Waals surface area contributed by atoms with E-state index in [1.807, 2.05) is 24.5 Å². The van der Waals surface area contributed by atoms with Gasteiger partial charge < -0.3 is 8.98 Å². The second kappa shape index (κ2) is 11.0. The van der Waals surface area contributed by atoms with Gasteiger partial charge in [-0.2, -0.15) is 0 Å². The zero-order chi connectivity index (χ0) is 35.3. The quantitative estimate of drug-likeness (QED) is 0.185. The summed E-state index contributed by atoms with van der Waals surface area (Å²) in [5, 5.41) is 6.90. The smallest absolute Gasteiger partial charge is 0.138 e. The van der Waals surface area contributed by atoms with Gasteiger partial charge in [-0.15, -0.1) is 0 Å². The van der Waals surface area contributed by atoms with Gasteiger partial charge in [0.2, 0.25) is 0 Å². The summed E-state index contributed by atoms with van der Waals surface area (Å²) in [6.45, 7) is 0. The molecule has 0 aliphatic rings. The number of rotatable bonds is 4. The Morgan fingerprint density at radius 1 is 0.444 bits per heavy atom. The highest BCUT2D eigenvalue weighted by molar-refractivity contribution is 6.24. The van der Waals surface area contributed by atoms with E-state index in [0.29, 0.717) is 0 Å². The van der Waals surface area contributed by atoms with Crippen molar-refractivity contribution in [2.75, 3.05) is 0 Å². The van der Waals surface area contributed by atoms with Crippen molar-refractivity contribution in [3.63, 3.8) is 0 Å². The molecule has 12 aromatic rings. The number of fused-ring (bicyclic) bond motifs is 11. The van der Waals surface area contributed by atoms with Gasteiger partial charge in [0.15, 0.2) is 0 Å². The molecule has 0 bridgehead atoms. The van der Waals surface area contributed by atoms with Gasteiger partial charge in [0.25, 0.3) is 0 Å². The maximum atomic E-state index is 6.15. The van der Waals surface area contributed by atoms with Crippen LogP contribution in [-0.4, -0.2) is 23.7 Å². The van der Waals surface area contributed by atoms with E-state index in [9.17, 15) is 0 Å². The summed E-state index contributed by atoms with van der Waals surface area (Å²) in [6.07, 6.45) is 1.93. The fraction of sp³-hybridized carbons (Fsp3) is 0. The van der Waals surface area contributed by atoms with E-state index in [0.717, 1.165) is 83.5 Å². The van der Waals surface area contributed by atoms with Crippen molar-refractivity contribution in [3.05, 3.63) is 176 Å². The molecule has 7 aromatic carbocycles. The van der Waals surface area contributed by atoms with E-state index in [1.54, 1.807) is 0 Å². The Kier molecular flexibility index (Phi) is 5.96. The summed E-state index contributed by atoms with van der Waals surface area (Å²) >= 11 is 0. The maximum absolute atomic E-state index is 6.15. The number of pyridine rings is 1. The van der Waals surface area contributed by atoms with Crippen molar-refractivity contribution >= 4 is 76.6 Å². The predicted octanol–water partition coefficient (Wildman–Crippen LogP) is 12.2. The highest BCUT2D eigenvalue weighted by atomic mass is 16.3. The number of nitrogens with zero attached hydrogens (tertiary/aromatic N) is 5. The Balaban J connectivity index is 1.16. The Morgan fingerprint density at radius 3 is 1.91 bits per heavy atom. The summed E-state index contributed by atoms with van der Waals surface area (Å²) in [5.74, 6) is 0.853. The van der Waals surface area contributed by atoms with E-state index in [-0.39, 0.29) is 0 Å². The Morgan fingerprint density at radius 2 is 1.09 bits per heavy atom. The molecule has 0 fully saturated rings. The number of hydrogen-bond acceptors (Lipinski definition) is 3. The lowest BCUT2D eigenvalue weighted by Gasteiger charge is -2.13. The van der Waals surface area contributed by atoms with Crippen molar-refractivity contribution in [2.45, 2.75) is 0 Å². The van der Waals surface area contributed by atoms with Crippen molar-refractivity contribution in [1.29, 1.82) is 0 Å². The molecule has 0 unspecified atom stereocenters. The monoisotopic (exact) mass is 691 g/mol. The molecule has 6 nitrogen and oxygen atoms in total. The zero-order valence-corrected chi connectivity index (χ0v) is 28.9. The molecule has 12 rings (SSSR count). The number of imidazole rings is 1. The molecule has 0 atom stereocenters. The van der Waals surface area contributed by atoms with Crippen LogP contribution in [0.5, 0.6) is 0 Å². The van der Waals surface area contributed by atoms with E-state index in [1.165, 1.54) is 21.5 Å². The molecule has 0 spiro atoms. The van der Waals surface area contributed by atoms with Gasteiger partial charge in [0.05, 0.1) is 39.0 Å². The van der Waals surface area contributed by atoms with Crippen molar-refractivity contribution in [1.82, 2.24) is 23.7 Å². The summed E-state index contributed by atoms with van der Waals surface area (Å²) < 4.78 is 13.1. The van der Waals surface area contributed by atoms with Crippen LogP contribution in [0.1, 0.15) is 0 Å². The average Bonchev–Trinajstić information content (AvgIpc) is 4.00. The lowest BCUT2D eigenvalue weighted by molar-refractivity contribution is 0.669. The molecule has 5 aromatic heterocycles. The average molecular weight is 692 g/mol. The largest absolute Gasteiger partial charge is 0.456 e. The molecule has 0 saturated heterocycles. The molecule has 6 heteroatoms. The van der Waals surface area contributed by atoms with Crippen LogP contribution in [0, 0.1) is 0 Å². The van der Waals surface area contributed by atoms with Gasteiger partial charge >= 0.3 is 0 Å². The molecule has 0 amide bonds. The molecular formula is C48H29N5O. The third kappa shape index (κ3) is 4.05. The molecule has 0 radical (unpaired) electrons. The third-order valence-electron chi connectivity index (χ3n) is 10.9. The second-order valence-electron chi connectivity index (χ2n) is 13.8. The van der Waals surface area contributed by atoms with E-state index in [4.69, 9.17) is 14.4 Å². The molecule has 0 saturated carbocycles. The first-order valence-electron chi connectivity index (χ1n) is 18.2. The number of furan rings is 1. The highest BCUT2D eigenvalue weighted by Crippen LogP contribution is 2.42. The summed E-state index contributed by atoms with van der Waals surface area (Å²) in [4.78, 5) is 10.5. The van der Waals surface area contributed by atoms with Crippen LogP contribution >= 0.6 is 0 Å². The lowest BCUT2D eigenvalue weighted by atomic mass is 10.1. The SMILES string of the molecule is c1ccc(-n2cnc3c(-n4c5ccccc5c5ccc6c7ccccc7n(-c7cccc(-c8ccc9oc%10ccccc%10c9c8)n7)c6c54)cccc32)cc1. The van der Waals surface area contributed by atoms with E-state index in [2.05, 4.69) is 165 Å². The second-order valence-corrected chi connectivity index (χ2v) is 13.8. The number of hydrogen-bond donors (Lipinski definition) is 0. The number of benzene rings is 7. The van der Waals surface area contributed by atoms with Crippen LogP contribution in [0.25, 0.3) is 105 Å². The highest BCUT2D eigenvalue weighted by Gasteiger charge is 2.23. The molecule has 54 heavy (non-hydrogen) atoms. The lowest BCUT2D eigenvalue weighted by Crippen LogP contribution is -2.01. The fourth-order valence-electron chi connectivity index (χ4n) is 8.58. The predicted molar refractivity (Wildman–Crippen MR) is 220 cm³/mol. The Labute approximate surface area is 308 Å². The van der Waals surface area contributed by atoms with Crippen LogP contribution in [-0.2, 0) is 0 Å². The van der Waals surface area contributed by atoms with Crippen LogP contribution < -0.4 is 0 Å². The van der Waals surface area contributed by atoms with Crippen LogP contribution in [0.3, 0.4) is 0 Å². The normalized spacial score (nSPS) is 12.1. The zero-order valence-electron chi connectivity index (χ0n) is 28.9. The molecule has 252 valence electrons. The Bertz CT molecular complexity index is 3450. The van der Waals surface area contributed by atoms with Gasteiger partial charge in [0, 0.05) is 43.6 Å². The minimum atomic E-state index is 0.853. The van der Waals surface area contributed by atoms with Gasteiger partial charge in [0.1, 0.15) is 28.8 Å². The van der Waals surface area contributed by atoms with Gasteiger partial charge in [-0.05, 0) is 72.8 Å². The summed E-state index contributed by atoms with van der Waals surface area (Å²) in [7, 11) is 0. The van der Waals surface area contributed by atoms with Crippen molar-refractivity contribution in [3.8, 4) is 28.5 Å². The van der Waals surface area contributed by atoms with Crippen LogP contribution in [0.15, 0.2) is 181 Å². The first kappa shape index (κ1) is 29.2. The molecule has 5 heterocycles. The number of para-hydroxylation sites is 5. The molecular weight excluding hydrogens is 663 g/mol. The third-order valence-corrected chi connectivity index (χ3v) is 10.9. The van der Waals surface area contributed by atoms with Crippen LogP contribution in [0.2, 0.25) is 0 Å². The molecule has 0 aliphatic carbocycles. The minimum absolute atomic E-state index is 0.853. The first-order chi connectivity index (χ1) is 26.8. The van der Waals surface area contributed by atoms with Gasteiger partial charge in [-0.3, -0.25) is 9.13 Å². The topological polar surface area (TPSA) is 53.7 Å². The standard InChI is InChI=1S/C48H29N5O/c1-2-12-31(13-3-1)51-29-49-46-41(51)20-11-21-42(46)52-39-18-7-4-14-32(39)35-25-26-36-33-15-5-8-19-40(33)53(48(36)47(35)52)45-23-10-17-38(50-45)30-24-27-44-37(28-30)34-16-6-9-22-43(34)54-44/h1-29H. The maximum Gasteiger partial charge on any atom is 0.138 e. The number of aromatic nitrogens is 5. The summed E-state index contributed by atoms with van der Waals surface area (Å²) in [6, 6.07) is 59.7. The van der Waals surface area contributed by atoms with Gasteiger partial charge in [-0.1, -0.05) is 97.1 Å².